The normalized spacial score (nSPS) is 10.6. The van der Waals surface area contributed by atoms with Gasteiger partial charge in [0.1, 0.15) is 5.69 Å². The third-order valence-electron chi connectivity index (χ3n) is 3.04. The fourth-order valence-corrected chi connectivity index (χ4v) is 2.79. The average molecular weight is 309 g/mol. The van der Waals surface area contributed by atoms with E-state index in [1.54, 1.807) is 4.57 Å². The van der Waals surface area contributed by atoms with Gasteiger partial charge in [0.05, 0.1) is 0 Å². The van der Waals surface area contributed by atoms with Crippen molar-refractivity contribution in [1.29, 1.82) is 0 Å². The summed E-state index contributed by atoms with van der Waals surface area (Å²) in [6.07, 6.45) is 0. The summed E-state index contributed by atoms with van der Waals surface area (Å²) in [7, 11) is 0. The summed E-state index contributed by atoms with van der Waals surface area (Å²) in [5.41, 5.74) is 2.79. The van der Waals surface area contributed by atoms with Crippen LogP contribution < -0.4 is 10.3 Å². The van der Waals surface area contributed by atoms with Gasteiger partial charge in [0, 0.05) is 23.0 Å². The number of rotatable bonds is 5. The molecule has 0 amide bonds. The molecule has 0 aliphatic carbocycles. The maximum absolute atomic E-state index is 12.2. The molecule has 0 aliphatic rings. The molecular formula is C15H17ClN2OS. The molecule has 1 aromatic carbocycles. The molecule has 0 atom stereocenters. The van der Waals surface area contributed by atoms with Crippen LogP contribution in [0.1, 0.15) is 18.2 Å². The first-order valence-electron chi connectivity index (χ1n) is 6.44. The van der Waals surface area contributed by atoms with Gasteiger partial charge in [-0.1, -0.05) is 23.7 Å². The van der Waals surface area contributed by atoms with Crippen molar-refractivity contribution in [2.75, 3.05) is 4.72 Å². The number of hydrogen-bond donors (Lipinski definition) is 1. The van der Waals surface area contributed by atoms with Gasteiger partial charge in [-0.05, 0) is 55.6 Å². The zero-order chi connectivity index (χ0) is 14.5. The van der Waals surface area contributed by atoms with Crippen LogP contribution in [0.5, 0.6) is 0 Å². The Morgan fingerprint density at radius 1 is 1.20 bits per heavy atom. The van der Waals surface area contributed by atoms with Crippen LogP contribution in [0.4, 0.5) is 5.69 Å². The molecule has 2 aromatic rings. The fourth-order valence-electron chi connectivity index (χ4n) is 1.92. The molecule has 0 saturated carbocycles. The standard InChI is InChI=1S/C15H17ClN2OS/c1-3-18-11(2)4-9-14(15(18)19)17-20-10-12-5-7-13(16)8-6-12/h4-9,17H,3,10H2,1-2H3. The minimum absolute atomic E-state index is 0.0242. The largest absolute Gasteiger partial charge is 0.325 e. The second kappa shape index (κ2) is 6.86. The van der Waals surface area contributed by atoms with E-state index in [0.29, 0.717) is 12.2 Å². The van der Waals surface area contributed by atoms with E-state index in [-0.39, 0.29) is 5.56 Å². The first kappa shape index (κ1) is 15.0. The van der Waals surface area contributed by atoms with Crippen LogP contribution in [0.2, 0.25) is 5.02 Å². The lowest BCUT2D eigenvalue weighted by Crippen LogP contribution is -2.23. The summed E-state index contributed by atoms with van der Waals surface area (Å²) >= 11 is 7.34. The van der Waals surface area contributed by atoms with Gasteiger partial charge in [-0.25, -0.2) is 0 Å². The van der Waals surface area contributed by atoms with Crippen LogP contribution in [-0.2, 0) is 12.3 Å². The van der Waals surface area contributed by atoms with Crippen molar-refractivity contribution in [2.45, 2.75) is 26.1 Å². The van der Waals surface area contributed by atoms with Crippen molar-refractivity contribution < 1.29 is 0 Å². The van der Waals surface area contributed by atoms with E-state index in [4.69, 9.17) is 11.6 Å². The Hall–Kier alpha value is -1.39. The van der Waals surface area contributed by atoms with Crippen LogP contribution in [0.25, 0.3) is 0 Å². The number of hydrogen-bond acceptors (Lipinski definition) is 3. The minimum Gasteiger partial charge on any atom is -0.325 e. The van der Waals surface area contributed by atoms with Crippen LogP contribution in [0, 0.1) is 6.92 Å². The molecule has 0 fully saturated rings. The summed E-state index contributed by atoms with van der Waals surface area (Å²) in [6, 6.07) is 11.5. The highest BCUT2D eigenvalue weighted by Gasteiger charge is 2.04. The highest BCUT2D eigenvalue weighted by atomic mass is 35.5. The zero-order valence-electron chi connectivity index (χ0n) is 11.5. The molecule has 0 unspecified atom stereocenters. The summed E-state index contributed by atoms with van der Waals surface area (Å²) < 4.78 is 4.88. The number of pyridine rings is 1. The number of aromatic nitrogens is 1. The number of halogens is 1. The van der Waals surface area contributed by atoms with Crippen LogP contribution in [0.15, 0.2) is 41.2 Å². The molecular weight excluding hydrogens is 292 g/mol. The van der Waals surface area contributed by atoms with Crippen molar-refractivity contribution in [3.63, 3.8) is 0 Å². The zero-order valence-corrected chi connectivity index (χ0v) is 13.1. The molecule has 1 heterocycles. The fraction of sp³-hybridized carbons (Fsp3) is 0.267. The van der Waals surface area contributed by atoms with E-state index in [0.717, 1.165) is 22.0 Å². The number of aryl methyl sites for hydroxylation is 1. The van der Waals surface area contributed by atoms with Crippen LogP contribution in [-0.4, -0.2) is 4.57 Å². The molecule has 1 N–H and O–H groups in total. The Morgan fingerprint density at radius 3 is 2.55 bits per heavy atom. The van der Waals surface area contributed by atoms with Crippen molar-refractivity contribution in [3.05, 3.63) is 63.0 Å². The van der Waals surface area contributed by atoms with E-state index in [1.165, 1.54) is 11.9 Å². The molecule has 1 aromatic heterocycles. The first-order chi connectivity index (χ1) is 9.61. The van der Waals surface area contributed by atoms with Gasteiger partial charge in [0.25, 0.3) is 5.56 Å². The lowest BCUT2D eigenvalue weighted by atomic mass is 10.2. The Labute approximate surface area is 128 Å². The summed E-state index contributed by atoms with van der Waals surface area (Å²) in [4.78, 5) is 12.2. The van der Waals surface area contributed by atoms with Crippen molar-refractivity contribution in [3.8, 4) is 0 Å². The molecule has 0 radical (unpaired) electrons. The van der Waals surface area contributed by atoms with E-state index < -0.39 is 0 Å². The average Bonchev–Trinajstić information content (AvgIpc) is 2.44. The molecule has 106 valence electrons. The Balaban J connectivity index is 2.01. The van der Waals surface area contributed by atoms with Gasteiger partial charge >= 0.3 is 0 Å². The van der Waals surface area contributed by atoms with Crippen molar-refractivity contribution >= 4 is 29.2 Å². The summed E-state index contributed by atoms with van der Waals surface area (Å²) in [5.74, 6) is 0.774. The summed E-state index contributed by atoms with van der Waals surface area (Å²) in [6.45, 7) is 4.59. The van der Waals surface area contributed by atoms with Crippen molar-refractivity contribution in [1.82, 2.24) is 4.57 Å². The highest BCUT2D eigenvalue weighted by Crippen LogP contribution is 2.17. The van der Waals surface area contributed by atoms with Gasteiger partial charge in [-0.2, -0.15) is 0 Å². The number of anilines is 1. The van der Waals surface area contributed by atoms with Gasteiger partial charge in [-0.3, -0.25) is 4.79 Å². The Morgan fingerprint density at radius 2 is 1.90 bits per heavy atom. The first-order valence-corrected chi connectivity index (χ1v) is 7.81. The second-order valence-corrected chi connectivity index (χ2v) is 5.67. The maximum Gasteiger partial charge on any atom is 0.274 e. The van der Waals surface area contributed by atoms with Gasteiger partial charge in [0.2, 0.25) is 0 Å². The SMILES string of the molecule is CCn1c(C)ccc(NSCc2ccc(Cl)cc2)c1=O. The highest BCUT2D eigenvalue weighted by molar-refractivity contribution is 7.99. The molecule has 2 rings (SSSR count). The second-order valence-electron chi connectivity index (χ2n) is 4.46. The van der Waals surface area contributed by atoms with Crippen LogP contribution >= 0.6 is 23.5 Å². The molecule has 0 saturated heterocycles. The molecule has 20 heavy (non-hydrogen) atoms. The monoisotopic (exact) mass is 308 g/mol. The number of nitrogens with one attached hydrogen (secondary N) is 1. The molecule has 0 bridgehead atoms. The third kappa shape index (κ3) is 3.58. The minimum atomic E-state index is 0.0242. The van der Waals surface area contributed by atoms with E-state index in [2.05, 4.69) is 4.72 Å². The quantitative estimate of drug-likeness (QED) is 0.845. The molecule has 0 aliphatic heterocycles. The van der Waals surface area contributed by atoms with Crippen LogP contribution in [0.3, 0.4) is 0 Å². The smallest absolute Gasteiger partial charge is 0.274 e. The van der Waals surface area contributed by atoms with E-state index in [1.807, 2.05) is 50.2 Å². The lowest BCUT2D eigenvalue weighted by Gasteiger charge is -2.10. The predicted molar refractivity (Wildman–Crippen MR) is 87.5 cm³/mol. The van der Waals surface area contributed by atoms with Gasteiger partial charge in [-0.15, -0.1) is 0 Å². The topological polar surface area (TPSA) is 34.0 Å². The lowest BCUT2D eigenvalue weighted by molar-refractivity contribution is 0.703. The van der Waals surface area contributed by atoms with Crippen molar-refractivity contribution in [2.24, 2.45) is 0 Å². The maximum atomic E-state index is 12.2. The Bertz CT molecular complexity index is 637. The van der Waals surface area contributed by atoms with Gasteiger partial charge in [0.15, 0.2) is 0 Å². The molecule has 3 nitrogen and oxygen atoms in total. The predicted octanol–water partition coefficient (Wildman–Crippen LogP) is 4.09. The van der Waals surface area contributed by atoms with E-state index in [9.17, 15) is 4.79 Å². The summed E-state index contributed by atoms with van der Waals surface area (Å²) in [5, 5.41) is 0.732. The van der Waals surface area contributed by atoms with Gasteiger partial charge < -0.3 is 9.29 Å². The third-order valence-corrected chi connectivity index (χ3v) is 4.14. The molecule has 0 spiro atoms. The number of benzene rings is 1. The van der Waals surface area contributed by atoms with E-state index >= 15 is 0 Å². The Kier molecular flexibility index (Phi) is 5.15. The molecule has 5 heteroatoms. The number of nitrogens with zero attached hydrogens (tertiary/aromatic N) is 1.